The summed E-state index contributed by atoms with van der Waals surface area (Å²) in [5.41, 5.74) is 0. The summed E-state index contributed by atoms with van der Waals surface area (Å²) in [6.07, 6.45) is 2.41. The molecule has 0 radical (unpaired) electrons. The number of aromatic nitrogens is 3. The molecule has 2 amide bonds. The highest BCUT2D eigenvalue weighted by Crippen LogP contribution is 2.11. The van der Waals surface area contributed by atoms with E-state index in [0.717, 1.165) is 0 Å². The summed E-state index contributed by atoms with van der Waals surface area (Å²) in [5.74, 6) is -0.0695. The van der Waals surface area contributed by atoms with Crippen LogP contribution in [0.1, 0.15) is 30.4 Å². The zero-order valence-corrected chi connectivity index (χ0v) is 10.8. The van der Waals surface area contributed by atoms with Gasteiger partial charge in [0.2, 0.25) is 5.82 Å². The average molecular weight is 267 g/mol. The Bertz CT molecular complexity index is 426. The number of carbonyl (C=O) groups excluding carboxylic acids is 2. The molecule has 1 aliphatic heterocycles. The second-order valence-electron chi connectivity index (χ2n) is 4.27. The lowest BCUT2D eigenvalue weighted by Crippen LogP contribution is -2.46. The van der Waals surface area contributed by atoms with Gasteiger partial charge in [0.1, 0.15) is 6.33 Å². The summed E-state index contributed by atoms with van der Waals surface area (Å²) in [6.45, 7) is 3.32. The molecule has 2 rings (SSSR count). The third kappa shape index (κ3) is 3.43. The lowest BCUT2D eigenvalue weighted by Gasteiger charge is -2.31. The molecular weight excluding hydrogens is 250 g/mol. The van der Waals surface area contributed by atoms with Crippen LogP contribution in [0.5, 0.6) is 0 Å². The van der Waals surface area contributed by atoms with Gasteiger partial charge in [0.05, 0.1) is 6.61 Å². The fourth-order valence-electron chi connectivity index (χ4n) is 1.99. The van der Waals surface area contributed by atoms with E-state index in [0.29, 0.717) is 32.5 Å². The molecule has 19 heavy (non-hydrogen) atoms. The molecule has 1 aliphatic rings. The third-order valence-corrected chi connectivity index (χ3v) is 2.99. The van der Waals surface area contributed by atoms with E-state index in [1.54, 1.807) is 11.8 Å². The molecule has 0 aromatic carbocycles. The zero-order valence-electron chi connectivity index (χ0n) is 10.8. The first-order valence-electron chi connectivity index (χ1n) is 6.28. The maximum Gasteiger partial charge on any atom is 0.409 e. The van der Waals surface area contributed by atoms with Gasteiger partial charge in [-0.15, -0.1) is 0 Å². The molecule has 1 aromatic heterocycles. The molecule has 0 aliphatic carbocycles. The van der Waals surface area contributed by atoms with Gasteiger partial charge in [0, 0.05) is 19.1 Å². The van der Waals surface area contributed by atoms with Crippen molar-refractivity contribution in [1.29, 1.82) is 0 Å². The molecule has 8 nitrogen and oxygen atoms in total. The van der Waals surface area contributed by atoms with E-state index in [2.05, 4.69) is 20.5 Å². The largest absolute Gasteiger partial charge is 0.450 e. The first-order chi connectivity index (χ1) is 9.20. The summed E-state index contributed by atoms with van der Waals surface area (Å²) in [4.78, 5) is 28.7. The number of hydrogen-bond acceptors (Lipinski definition) is 5. The van der Waals surface area contributed by atoms with Gasteiger partial charge in [-0.3, -0.25) is 9.89 Å². The van der Waals surface area contributed by atoms with Gasteiger partial charge in [0.25, 0.3) is 5.91 Å². The Balaban J connectivity index is 1.77. The summed E-state index contributed by atoms with van der Waals surface area (Å²) in [5, 5.41) is 9.00. The van der Waals surface area contributed by atoms with Gasteiger partial charge in [-0.25, -0.2) is 9.78 Å². The van der Waals surface area contributed by atoms with Crippen molar-refractivity contribution < 1.29 is 14.3 Å². The van der Waals surface area contributed by atoms with Gasteiger partial charge in [0.15, 0.2) is 0 Å². The van der Waals surface area contributed by atoms with Crippen molar-refractivity contribution in [3.63, 3.8) is 0 Å². The molecule has 1 fully saturated rings. The SMILES string of the molecule is CCOC(=O)N1CCC(NC(=O)c2ncn[nH]2)CC1. The number of ether oxygens (including phenoxy) is 1. The quantitative estimate of drug-likeness (QED) is 0.812. The lowest BCUT2D eigenvalue weighted by atomic mass is 10.1. The molecule has 0 spiro atoms. The summed E-state index contributed by atoms with van der Waals surface area (Å²) >= 11 is 0. The molecule has 0 unspecified atom stereocenters. The average Bonchev–Trinajstić information content (AvgIpc) is 2.94. The van der Waals surface area contributed by atoms with Gasteiger partial charge in [-0.2, -0.15) is 5.10 Å². The minimum Gasteiger partial charge on any atom is -0.450 e. The summed E-state index contributed by atoms with van der Waals surface area (Å²) < 4.78 is 4.93. The smallest absolute Gasteiger partial charge is 0.409 e. The van der Waals surface area contributed by atoms with Gasteiger partial charge in [-0.1, -0.05) is 0 Å². The number of nitrogens with one attached hydrogen (secondary N) is 2. The first-order valence-corrected chi connectivity index (χ1v) is 6.28. The number of amides is 2. The third-order valence-electron chi connectivity index (χ3n) is 2.99. The second-order valence-corrected chi connectivity index (χ2v) is 4.27. The number of nitrogens with zero attached hydrogens (tertiary/aromatic N) is 3. The summed E-state index contributed by atoms with van der Waals surface area (Å²) in [6, 6.07) is 0.0447. The predicted octanol–water partition coefficient (Wildman–Crippen LogP) is 0.155. The molecule has 104 valence electrons. The van der Waals surface area contributed by atoms with Crippen LogP contribution >= 0.6 is 0 Å². The van der Waals surface area contributed by atoms with Crippen LogP contribution in [0.3, 0.4) is 0 Å². The number of carbonyl (C=O) groups is 2. The maximum absolute atomic E-state index is 11.7. The van der Waals surface area contributed by atoms with Crippen LogP contribution in [0.15, 0.2) is 6.33 Å². The van der Waals surface area contributed by atoms with Crippen molar-refractivity contribution >= 4 is 12.0 Å². The molecule has 0 saturated carbocycles. The Morgan fingerprint density at radius 3 is 2.84 bits per heavy atom. The molecular formula is C11H17N5O3. The molecule has 0 atom stereocenters. The number of piperidine rings is 1. The van der Waals surface area contributed by atoms with Crippen LogP contribution < -0.4 is 5.32 Å². The highest BCUT2D eigenvalue weighted by atomic mass is 16.6. The van der Waals surface area contributed by atoms with E-state index in [-0.39, 0.29) is 23.9 Å². The fourth-order valence-corrected chi connectivity index (χ4v) is 1.99. The normalized spacial score (nSPS) is 16.2. The van der Waals surface area contributed by atoms with E-state index >= 15 is 0 Å². The second kappa shape index (κ2) is 6.17. The Morgan fingerprint density at radius 2 is 2.26 bits per heavy atom. The number of rotatable bonds is 3. The molecule has 2 N–H and O–H groups in total. The monoisotopic (exact) mass is 267 g/mol. The van der Waals surface area contributed by atoms with Crippen molar-refractivity contribution in [3.05, 3.63) is 12.2 Å². The Morgan fingerprint density at radius 1 is 1.53 bits per heavy atom. The highest BCUT2D eigenvalue weighted by Gasteiger charge is 2.25. The minimum absolute atomic E-state index is 0.0447. The molecule has 0 bridgehead atoms. The van der Waals surface area contributed by atoms with Crippen LogP contribution in [-0.4, -0.2) is 57.8 Å². The maximum atomic E-state index is 11.7. The molecule has 1 aromatic rings. The fraction of sp³-hybridized carbons (Fsp3) is 0.636. The van der Waals surface area contributed by atoms with Gasteiger partial charge in [-0.05, 0) is 19.8 Å². The van der Waals surface area contributed by atoms with E-state index < -0.39 is 0 Å². The van der Waals surface area contributed by atoms with Crippen LogP contribution in [0, 0.1) is 0 Å². The first kappa shape index (κ1) is 13.3. The lowest BCUT2D eigenvalue weighted by molar-refractivity contribution is 0.0853. The molecule has 1 saturated heterocycles. The van der Waals surface area contributed by atoms with Crippen LogP contribution in [-0.2, 0) is 4.74 Å². The standard InChI is InChI=1S/C11H17N5O3/c1-2-19-11(18)16-5-3-8(4-6-16)14-10(17)9-12-7-13-15-9/h7-8H,2-6H2,1H3,(H,14,17)(H,12,13,15). The minimum atomic E-state index is -0.289. The zero-order chi connectivity index (χ0) is 13.7. The summed E-state index contributed by atoms with van der Waals surface area (Å²) in [7, 11) is 0. The number of likely N-dealkylation sites (tertiary alicyclic amines) is 1. The van der Waals surface area contributed by atoms with Crippen LogP contribution in [0.25, 0.3) is 0 Å². The van der Waals surface area contributed by atoms with Crippen molar-refractivity contribution in [1.82, 2.24) is 25.4 Å². The molecule has 2 heterocycles. The number of hydrogen-bond donors (Lipinski definition) is 2. The Hall–Kier alpha value is -2.12. The van der Waals surface area contributed by atoms with Gasteiger partial charge >= 0.3 is 6.09 Å². The van der Waals surface area contributed by atoms with Crippen LogP contribution in [0.2, 0.25) is 0 Å². The van der Waals surface area contributed by atoms with Crippen molar-refractivity contribution in [2.45, 2.75) is 25.8 Å². The van der Waals surface area contributed by atoms with Gasteiger partial charge < -0.3 is 15.0 Å². The Labute approximate surface area is 110 Å². The topological polar surface area (TPSA) is 100 Å². The van der Waals surface area contributed by atoms with Crippen molar-refractivity contribution in [3.8, 4) is 0 Å². The van der Waals surface area contributed by atoms with E-state index in [9.17, 15) is 9.59 Å². The van der Waals surface area contributed by atoms with E-state index in [1.807, 2.05) is 0 Å². The van der Waals surface area contributed by atoms with Crippen molar-refractivity contribution in [2.24, 2.45) is 0 Å². The molecule has 8 heteroatoms. The highest BCUT2D eigenvalue weighted by molar-refractivity contribution is 5.90. The van der Waals surface area contributed by atoms with E-state index in [1.165, 1.54) is 6.33 Å². The van der Waals surface area contributed by atoms with Crippen LogP contribution in [0.4, 0.5) is 4.79 Å². The predicted molar refractivity (Wildman–Crippen MR) is 65.5 cm³/mol. The number of aromatic amines is 1. The number of H-pyrrole nitrogens is 1. The van der Waals surface area contributed by atoms with Crippen molar-refractivity contribution in [2.75, 3.05) is 19.7 Å². The van der Waals surface area contributed by atoms with E-state index in [4.69, 9.17) is 4.74 Å². The Kier molecular flexibility index (Phi) is 4.32.